The minimum Gasteiger partial charge on any atom is -0.394 e. The van der Waals surface area contributed by atoms with Gasteiger partial charge in [0, 0.05) is 6.42 Å². The van der Waals surface area contributed by atoms with Crippen molar-refractivity contribution >= 4 is 5.91 Å². The molecule has 0 saturated carbocycles. The van der Waals surface area contributed by atoms with Gasteiger partial charge in [-0.25, -0.2) is 0 Å². The standard InChI is InChI=1S/C77H137NO18/c1-3-5-7-9-11-13-15-17-19-20-21-22-23-24-25-26-27-28-29-30-31-32-33-34-35-36-37-38-39-40-41-43-45-47-49-51-53-55-65(83)78-60(61(82)54-52-50-48-46-44-42-18-16-14-12-10-8-6-4-2)59-91-75-71(89)68(86)73(63(57-80)93-75)96-77-72(90)69(87)74(64(58-81)94-77)95-76-70(88)67(85)66(84)62(56-79)92-76/h5,7,11,13,17,19,21-22,24-25,52,54,60-64,66-77,79-82,84-90H,3-4,6,8-10,12,14-16,18,20,23,26-51,53,55-59H2,1-2H3,(H,78,83)/b7-5-,13-11-,19-17-,22-21-,25-24-,54-52+. The number of allylic oxidation sites excluding steroid dienone is 11. The second-order valence-corrected chi connectivity index (χ2v) is 27.1. The summed E-state index contributed by atoms with van der Waals surface area (Å²) in [6, 6.07) is -0.973. The summed E-state index contributed by atoms with van der Waals surface area (Å²) < 4.78 is 34.4. The van der Waals surface area contributed by atoms with Crippen molar-refractivity contribution in [2.45, 2.75) is 381 Å². The van der Waals surface area contributed by atoms with Gasteiger partial charge in [-0.05, 0) is 64.2 Å². The number of nitrogens with one attached hydrogen (secondary N) is 1. The molecule has 1 amide bonds. The summed E-state index contributed by atoms with van der Waals surface area (Å²) in [7, 11) is 0. The topological polar surface area (TPSA) is 307 Å². The van der Waals surface area contributed by atoms with E-state index in [-0.39, 0.29) is 18.9 Å². The molecule has 3 aliphatic rings. The van der Waals surface area contributed by atoms with Crippen LogP contribution < -0.4 is 5.32 Å². The first-order chi connectivity index (χ1) is 46.8. The maximum Gasteiger partial charge on any atom is 0.220 e. The number of aliphatic hydroxyl groups excluding tert-OH is 11. The van der Waals surface area contributed by atoms with Gasteiger partial charge in [0.25, 0.3) is 0 Å². The maximum atomic E-state index is 13.4. The fourth-order valence-corrected chi connectivity index (χ4v) is 12.6. The molecule has 17 unspecified atom stereocenters. The first kappa shape index (κ1) is 87.4. The van der Waals surface area contributed by atoms with Crippen LogP contribution in [0, 0.1) is 0 Å². The predicted octanol–water partition coefficient (Wildman–Crippen LogP) is 11.7. The van der Waals surface area contributed by atoms with E-state index in [2.05, 4.69) is 79.9 Å². The molecule has 12 N–H and O–H groups in total. The van der Waals surface area contributed by atoms with E-state index < -0.39 is 124 Å². The number of carbonyl (C=O) groups excluding carboxylic acids is 1. The molecule has 0 aromatic rings. The van der Waals surface area contributed by atoms with Gasteiger partial charge in [0.15, 0.2) is 18.9 Å². The summed E-state index contributed by atoms with van der Waals surface area (Å²) in [4.78, 5) is 13.4. The number of hydrogen-bond donors (Lipinski definition) is 12. The van der Waals surface area contributed by atoms with E-state index in [9.17, 15) is 61.0 Å². The Morgan fingerprint density at radius 1 is 0.385 bits per heavy atom. The molecule has 17 atom stereocenters. The van der Waals surface area contributed by atoms with E-state index in [0.29, 0.717) is 6.42 Å². The number of aliphatic hydroxyl groups is 11. The van der Waals surface area contributed by atoms with Crippen LogP contribution in [0.15, 0.2) is 72.9 Å². The lowest BCUT2D eigenvalue weighted by Gasteiger charge is -2.48. The smallest absolute Gasteiger partial charge is 0.220 e. The number of ether oxygens (including phenoxy) is 6. The van der Waals surface area contributed by atoms with Crippen LogP contribution >= 0.6 is 0 Å². The average molecular weight is 1360 g/mol. The largest absolute Gasteiger partial charge is 0.394 e. The van der Waals surface area contributed by atoms with Gasteiger partial charge >= 0.3 is 0 Å². The van der Waals surface area contributed by atoms with E-state index in [4.69, 9.17) is 28.4 Å². The molecule has 0 aromatic carbocycles. The molecule has 19 heteroatoms. The number of carbonyl (C=O) groups is 1. The molecule has 0 spiro atoms. The lowest BCUT2D eigenvalue weighted by atomic mass is 9.96. The highest BCUT2D eigenvalue weighted by atomic mass is 16.8. The van der Waals surface area contributed by atoms with Crippen molar-refractivity contribution in [2.24, 2.45) is 0 Å². The van der Waals surface area contributed by atoms with Gasteiger partial charge in [-0.15, -0.1) is 0 Å². The third-order valence-corrected chi connectivity index (χ3v) is 18.8. The van der Waals surface area contributed by atoms with E-state index in [1.807, 2.05) is 6.08 Å². The highest BCUT2D eigenvalue weighted by Gasteiger charge is 2.53. The third-order valence-electron chi connectivity index (χ3n) is 18.8. The summed E-state index contributed by atoms with van der Waals surface area (Å²) >= 11 is 0. The molecule has 3 saturated heterocycles. The fraction of sp³-hybridized carbons (Fsp3) is 0.831. The minimum atomic E-state index is -1.98. The monoisotopic (exact) mass is 1360 g/mol. The van der Waals surface area contributed by atoms with Crippen LogP contribution in [0.4, 0.5) is 0 Å². The van der Waals surface area contributed by atoms with Gasteiger partial charge in [-0.2, -0.15) is 0 Å². The summed E-state index contributed by atoms with van der Waals surface area (Å²) in [6.07, 6.45) is 47.6. The molecule has 3 heterocycles. The van der Waals surface area contributed by atoms with Gasteiger partial charge in [0.1, 0.15) is 73.2 Å². The van der Waals surface area contributed by atoms with Crippen LogP contribution in [0.25, 0.3) is 0 Å². The van der Waals surface area contributed by atoms with Crippen molar-refractivity contribution in [3.63, 3.8) is 0 Å². The number of rotatable bonds is 59. The summed E-state index contributed by atoms with van der Waals surface area (Å²) in [5.74, 6) is -0.273. The first-order valence-electron chi connectivity index (χ1n) is 38.2. The minimum absolute atomic E-state index is 0.244. The molecule has 3 aliphatic heterocycles. The fourth-order valence-electron chi connectivity index (χ4n) is 12.6. The highest BCUT2D eigenvalue weighted by molar-refractivity contribution is 5.76. The zero-order chi connectivity index (χ0) is 69.6. The number of unbranched alkanes of at least 4 members (excludes halogenated alkanes) is 33. The van der Waals surface area contributed by atoms with Gasteiger partial charge < -0.3 is 89.9 Å². The normalized spacial score (nSPS) is 27.4. The molecule has 19 nitrogen and oxygen atoms in total. The molecular formula is C77H137NO18. The maximum absolute atomic E-state index is 13.4. The summed E-state index contributed by atoms with van der Waals surface area (Å²) in [5.41, 5.74) is 0. The van der Waals surface area contributed by atoms with E-state index >= 15 is 0 Å². The zero-order valence-electron chi connectivity index (χ0n) is 59.3. The van der Waals surface area contributed by atoms with Crippen LogP contribution in [0.1, 0.15) is 277 Å². The van der Waals surface area contributed by atoms with E-state index in [1.165, 1.54) is 173 Å². The van der Waals surface area contributed by atoms with Crippen LogP contribution in [0.2, 0.25) is 0 Å². The van der Waals surface area contributed by atoms with Crippen molar-refractivity contribution < 1.29 is 89.4 Å². The van der Waals surface area contributed by atoms with E-state index in [0.717, 1.165) is 77.0 Å². The van der Waals surface area contributed by atoms with Gasteiger partial charge in [0.05, 0.1) is 38.6 Å². The Bertz CT molecular complexity index is 2020. The summed E-state index contributed by atoms with van der Waals surface area (Å²) in [6.45, 7) is 1.63. The molecule has 0 bridgehead atoms. The second-order valence-electron chi connectivity index (χ2n) is 27.1. The van der Waals surface area contributed by atoms with Gasteiger partial charge in [-0.3, -0.25) is 4.79 Å². The SMILES string of the molecule is CC/C=C\C/C=C\C/C=C\C/C=C\C/C=C\CCCCCCCCCCCCCCCCCCCCCCCC(=O)NC(COC1OC(CO)C(OC2OC(CO)C(OC3OC(CO)C(O)C(O)C3O)C(O)C2O)C(O)C1O)C(O)/C=C/CCCCCCCCCCCCCC. The lowest BCUT2D eigenvalue weighted by Crippen LogP contribution is -2.66. The van der Waals surface area contributed by atoms with Crippen LogP contribution in [-0.2, 0) is 33.2 Å². The van der Waals surface area contributed by atoms with Crippen LogP contribution in [0.5, 0.6) is 0 Å². The molecule has 3 rings (SSSR count). The molecular weight excluding hydrogens is 1230 g/mol. The highest BCUT2D eigenvalue weighted by Crippen LogP contribution is 2.33. The molecule has 0 aromatic heterocycles. The van der Waals surface area contributed by atoms with Crippen molar-refractivity contribution in [2.75, 3.05) is 26.4 Å². The molecule has 96 heavy (non-hydrogen) atoms. The van der Waals surface area contributed by atoms with Gasteiger partial charge in [0.2, 0.25) is 5.91 Å². The molecule has 0 aliphatic carbocycles. The average Bonchev–Trinajstić information content (AvgIpc) is 0.787. The predicted molar refractivity (Wildman–Crippen MR) is 378 cm³/mol. The molecule has 3 fully saturated rings. The number of amides is 1. The number of hydrogen-bond acceptors (Lipinski definition) is 18. The van der Waals surface area contributed by atoms with Crippen molar-refractivity contribution in [1.29, 1.82) is 0 Å². The lowest BCUT2D eigenvalue weighted by molar-refractivity contribution is -0.379. The van der Waals surface area contributed by atoms with Crippen molar-refractivity contribution in [3.05, 3.63) is 72.9 Å². The van der Waals surface area contributed by atoms with Crippen LogP contribution in [0.3, 0.4) is 0 Å². The van der Waals surface area contributed by atoms with E-state index in [1.54, 1.807) is 6.08 Å². The van der Waals surface area contributed by atoms with Crippen molar-refractivity contribution in [3.8, 4) is 0 Å². The Morgan fingerprint density at radius 2 is 0.719 bits per heavy atom. The Labute approximate surface area is 578 Å². The Balaban J connectivity index is 1.31. The third kappa shape index (κ3) is 38.3. The zero-order valence-corrected chi connectivity index (χ0v) is 59.3. The Kier molecular flexibility index (Phi) is 52.7. The Hall–Kier alpha value is -2.77. The Morgan fingerprint density at radius 3 is 1.12 bits per heavy atom. The first-order valence-corrected chi connectivity index (χ1v) is 38.2. The second kappa shape index (κ2) is 57.8. The summed E-state index contributed by atoms with van der Waals surface area (Å²) in [5, 5.41) is 121. The van der Waals surface area contributed by atoms with Crippen LogP contribution in [-0.4, -0.2) is 193 Å². The van der Waals surface area contributed by atoms with Gasteiger partial charge in [-0.1, -0.05) is 279 Å². The van der Waals surface area contributed by atoms with Crippen molar-refractivity contribution in [1.82, 2.24) is 5.32 Å². The quantitative estimate of drug-likeness (QED) is 0.0199. The molecule has 0 radical (unpaired) electrons. The molecule has 558 valence electrons.